The Bertz CT molecular complexity index is 1280. The van der Waals surface area contributed by atoms with Crippen molar-refractivity contribution >= 4 is 50.8 Å². The van der Waals surface area contributed by atoms with Crippen molar-refractivity contribution in [2.45, 2.75) is 6.92 Å². The van der Waals surface area contributed by atoms with E-state index in [0.717, 1.165) is 44.8 Å². The van der Waals surface area contributed by atoms with Gasteiger partial charge in [0.05, 0.1) is 16.6 Å². The van der Waals surface area contributed by atoms with Crippen molar-refractivity contribution in [1.82, 2.24) is 14.4 Å². The van der Waals surface area contributed by atoms with Crippen LogP contribution in [0.2, 0.25) is 5.02 Å². The summed E-state index contributed by atoms with van der Waals surface area (Å²) >= 11 is 6.24. The van der Waals surface area contributed by atoms with Crippen LogP contribution in [0.3, 0.4) is 0 Å². The molecule has 5 rings (SSSR count). The second-order valence-corrected chi connectivity index (χ2v) is 6.74. The van der Waals surface area contributed by atoms with Crippen LogP contribution in [0.4, 0.5) is 11.6 Å². The van der Waals surface area contributed by atoms with Crippen LogP contribution in [0.5, 0.6) is 0 Å². The molecule has 0 aliphatic carbocycles. The Morgan fingerprint density at radius 3 is 2.62 bits per heavy atom. The number of imidazole rings is 1. The maximum absolute atomic E-state index is 6.24. The quantitative estimate of drug-likeness (QED) is 0.437. The Kier molecular flexibility index (Phi) is 3.33. The summed E-state index contributed by atoms with van der Waals surface area (Å²) in [5.74, 6) is 0.731. The lowest BCUT2D eigenvalue weighted by Gasteiger charge is -2.11. The largest absolute Gasteiger partial charge is 0.325 e. The Morgan fingerprint density at radius 1 is 0.923 bits per heavy atom. The highest BCUT2D eigenvalue weighted by molar-refractivity contribution is 6.31. The van der Waals surface area contributed by atoms with Crippen molar-refractivity contribution in [2.24, 2.45) is 0 Å². The molecule has 2 heterocycles. The Balaban J connectivity index is 1.91. The second-order valence-electron chi connectivity index (χ2n) is 6.30. The molecule has 0 unspecified atom stereocenters. The SMILES string of the molecule is Cc1cccc2c1nc1c3cc(Cl)ccc3nc(Nc3ccccc3)n21. The molecule has 0 bridgehead atoms. The summed E-state index contributed by atoms with van der Waals surface area (Å²) < 4.78 is 2.06. The van der Waals surface area contributed by atoms with E-state index in [2.05, 4.69) is 28.8 Å². The van der Waals surface area contributed by atoms with Crippen LogP contribution in [0, 0.1) is 6.92 Å². The van der Waals surface area contributed by atoms with Gasteiger partial charge in [0.2, 0.25) is 5.95 Å². The molecule has 0 spiro atoms. The van der Waals surface area contributed by atoms with Crippen LogP contribution in [0.1, 0.15) is 5.56 Å². The first kappa shape index (κ1) is 15.2. The predicted molar refractivity (Wildman–Crippen MR) is 107 cm³/mol. The van der Waals surface area contributed by atoms with Gasteiger partial charge >= 0.3 is 0 Å². The molecule has 0 radical (unpaired) electrons. The zero-order valence-corrected chi connectivity index (χ0v) is 14.8. The van der Waals surface area contributed by atoms with E-state index >= 15 is 0 Å². The van der Waals surface area contributed by atoms with Gasteiger partial charge in [-0.15, -0.1) is 0 Å². The summed E-state index contributed by atoms with van der Waals surface area (Å²) in [5.41, 5.74) is 5.80. The fourth-order valence-corrected chi connectivity index (χ4v) is 3.49. The third-order valence-corrected chi connectivity index (χ3v) is 4.79. The first-order valence-electron chi connectivity index (χ1n) is 8.40. The van der Waals surface area contributed by atoms with Crippen molar-refractivity contribution in [2.75, 3.05) is 5.32 Å². The number of anilines is 2. The van der Waals surface area contributed by atoms with Gasteiger partial charge in [-0.2, -0.15) is 0 Å². The lowest BCUT2D eigenvalue weighted by atomic mass is 10.2. The van der Waals surface area contributed by atoms with Crippen molar-refractivity contribution in [1.29, 1.82) is 0 Å². The Labute approximate surface area is 155 Å². The van der Waals surface area contributed by atoms with Crippen molar-refractivity contribution in [3.63, 3.8) is 0 Å². The summed E-state index contributed by atoms with van der Waals surface area (Å²) in [5, 5.41) is 5.04. The second kappa shape index (κ2) is 5.71. The van der Waals surface area contributed by atoms with Gasteiger partial charge in [-0.05, 0) is 48.9 Å². The molecule has 0 aliphatic heterocycles. The molecule has 5 aromatic rings. The fourth-order valence-electron chi connectivity index (χ4n) is 3.32. The van der Waals surface area contributed by atoms with E-state index in [9.17, 15) is 0 Å². The number of halogens is 1. The van der Waals surface area contributed by atoms with Gasteiger partial charge in [0.15, 0.2) is 0 Å². The average molecular weight is 359 g/mol. The highest BCUT2D eigenvalue weighted by Gasteiger charge is 2.15. The normalized spacial score (nSPS) is 11.5. The van der Waals surface area contributed by atoms with E-state index in [4.69, 9.17) is 21.6 Å². The van der Waals surface area contributed by atoms with Crippen molar-refractivity contribution in [3.8, 4) is 0 Å². The molecule has 0 saturated heterocycles. The topological polar surface area (TPSA) is 42.2 Å². The molecule has 1 N–H and O–H groups in total. The molecule has 0 fully saturated rings. The number of nitrogens with one attached hydrogen (secondary N) is 1. The van der Waals surface area contributed by atoms with Crippen LogP contribution < -0.4 is 5.32 Å². The Morgan fingerprint density at radius 2 is 1.77 bits per heavy atom. The highest BCUT2D eigenvalue weighted by Crippen LogP contribution is 2.30. The number of rotatable bonds is 2. The van der Waals surface area contributed by atoms with E-state index in [1.807, 2.05) is 54.6 Å². The monoisotopic (exact) mass is 358 g/mol. The summed E-state index contributed by atoms with van der Waals surface area (Å²) in [4.78, 5) is 9.76. The van der Waals surface area contributed by atoms with E-state index in [-0.39, 0.29) is 0 Å². The number of fused-ring (bicyclic) bond motifs is 5. The molecule has 126 valence electrons. The van der Waals surface area contributed by atoms with Crippen LogP contribution >= 0.6 is 11.6 Å². The molecule has 0 amide bonds. The van der Waals surface area contributed by atoms with Crippen molar-refractivity contribution < 1.29 is 0 Å². The molecule has 0 saturated carbocycles. The van der Waals surface area contributed by atoms with Crippen LogP contribution in [0.25, 0.3) is 27.6 Å². The fraction of sp³-hybridized carbons (Fsp3) is 0.0476. The Hall–Kier alpha value is -3.11. The first-order valence-corrected chi connectivity index (χ1v) is 8.77. The summed E-state index contributed by atoms with van der Waals surface area (Å²) in [7, 11) is 0. The zero-order chi connectivity index (χ0) is 17.7. The molecule has 0 aliphatic rings. The average Bonchev–Trinajstić information content (AvgIpc) is 3.05. The van der Waals surface area contributed by atoms with Gasteiger partial charge in [0.1, 0.15) is 5.65 Å². The van der Waals surface area contributed by atoms with Gasteiger partial charge in [-0.25, -0.2) is 9.97 Å². The predicted octanol–water partition coefficient (Wildman–Crippen LogP) is 5.74. The summed E-state index contributed by atoms with van der Waals surface area (Å²) in [6.45, 7) is 2.07. The summed E-state index contributed by atoms with van der Waals surface area (Å²) in [6.07, 6.45) is 0. The summed E-state index contributed by atoms with van der Waals surface area (Å²) in [6, 6.07) is 21.9. The lowest BCUT2D eigenvalue weighted by Crippen LogP contribution is -2.02. The highest BCUT2D eigenvalue weighted by atomic mass is 35.5. The van der Waals surface area contributed by atoms with Gasteiger partial charge in [-0.1, -0.05) is 41.9 Å². The minimum Gasteiger partial charge on any atom is -0.325 e. The van der Waals surface area contributed by atoms with Crippen LogP contribution in [-0.4, -0.2) is 14.4 Å². The van der Waals surface area contributed by atoms with E-state index < -0.39 is 0 Å². The molecule has 2 aromatic heterocycles. The van der Waals surface area contributed by atoms with E-state index in [1.54, 1.807) is 0 Å². The number of hydrogen-bond donors (Lipinski definition) is 1. The number of aromatic nitrogens is 3. The van der Waals surface area contributed by atoms with E-state index in [1.165, 1.54) is 0 Å². The number of hydrogen-bond acceptors (Lipinski definition) is 3. The maximum Gasteiger partial charge on any atom is 0.214 e. The minimum absolute atomic E-state index is 0.675. The molecule has 26 heavy (non-hydrogen) atoms. The van der Waals surface area contributed by atoms with E-state index in [0.29, 0.717) is 5.02 Å². The van der Waals surface area contributed by atoms with Gasteiger partial charge in [0, 0.05) is 16.1 Å². The van der Waals surface area contributed by atoms with Crippen LogP contribution in [0.15, 0.2) is 66.7 Å². The first-order chi connectivity index (χ1) is 12.7. The number of aryl methyl sites for hydroxylation is 1. The third-order valence-electron chi connectivity index (χ3n) is 4.55. The van der Waals surface area contributed by atoms with Crippen molar-refractivity contribution in [3.05, 3.63) is 77.3 Å². The number of benzene rings is 3. The third kappa shape index (κ3) is 2.30. The smallest absolute Gasteiger partial charge is 0.214 e. The van der Waals surface area contributed by atoms with Crippen LogP contribution in [-0.2, 0) is 0 Å². The molecule has 4 nitrogen and oxygen atoms in total. The number of nitrogens with zero attached hydrogens (tertiary/aromatic N) is 3. The molecule has 5 heteroatoms. The zero-order valence-electron chi connectivity index (χ0n) is 14.1. The van der Waals surface area contributed by atoms with Gasteiger partial charge in [-0.3, -0.25) is 4.40 Å². The van der Waals surface area contributed by atoms with Gasteiger partial charge in [0.25, 0.3) is 0 Å². The molecular weight excluding hydrogens is 344 g/mol. The standard InChI is InChI=1S/C21H15ClN4/c1-13-6-5-9-18-19(13)25-20-16-12-14(22)10-11-17(16)24-21(26(18)20)23-15-7-3-2-4-8-15/h2-12H,1H3,(H,23,24). The lowest BCUT2D eigenvalue weighted by molar-refractivity contribution is 1.15. The maximum atomic E-state index is 6.24. The number of para-hydroxylation sites is 2. The molecule has 0 atom stereocenters. The minimum atomic E-state index is 0.675. The molecule has 3 aromatic carbocycles. The molecular formula is C21H15ClN4. The van der Waals surface area contributed by atoms with Gasteiger partial charge < -0.3 is 5.32 Å².